The van der Waals surface area contributed by atoms with Gasteiger partial charge >= 0.3 is 0 Å². The minimum atomic E-state index is 0.565. The van der Waals surface area contributed by atoms with Crippen LogP contribution < -0.4 is 4.74 Å². The van der Waals surface area contributed by atoms with Crippen molar-refractivity contribution in [1.29, 1.82) is 0 Å². The molecule has 1 rings (SSSR count). The zero-order chi connectivity index (χ0) is 8.43. The zero-order valence-electron chi connectivity index (χ0n) is 6.72. The van der Waals surface area contributed by atoms with E-state index in [2.05, 4.69) is 0 Å². The molecule has 0 amide bonds. The molecule has 0 unspecified atom stereocenters. The van der Waals surface area contributed by atoms with Crippen molar-refractivity contribution in [1.82, 2.24) is 0 Å². The van der Waals surface area contributed by atoms with Crippen molar-refractivity contribution in [3.05, 3.63) is 42.7 Å². The van der Waals surface area contributed by atoms with Crippen LogP contribution >= 0.6 is 0 Å². The van der Waals surface area contributed by atoms with Gasteiger partial charge in [0, 0.05) is 13.8 Å². The average Bonchev–Trinajstić information content (AvgIpc) is 1.85. The van der Waals surface area contributed by atoms with Crippen LogP contribution in [0.4, 0.5) is 0 Å². The van der Waals surface area contributed by atoms with Crippen molar-refractivity contribution in [2.75, 3.05) is 7.11 Å². The number of rotatable bonds is 1. The maximum atomic E-state index is 5.63. The van der Waals surface area contributed by atoms with Crippen LogP contribution in [0.3, 0.4) is 0 Å². The smallest absolute Gasteiger partial charge is 0.125 e. The fraction of sp³-hybridized carbons (Fsp3) is 0.200. The molecule has 0 atom stereocenters. The molecule has 0 aliphatic rings. The van der Waals surface area contributed by atoms with E-state index in [-0.39, 0.29) is 0 Å². The van der Waals surface area contributed by atoms with Crippen LogP contribution in [0.2, 0.25) is 0 Å². The van der Waals surface area contributed by atoms with Gasteiger partial charge in [-0.2, -0.15) is 0 Å². The summed E-state index contributed by atoms with van der Waals surface area (Å²) in [7, 11) is 1.55. The monoisotopic (exact) mass is 146 g/mol. The molecule has 0 bridgehead atoms. The summed E-state index contributed by atoms with van der Waals surface area (Å²) in [6.45, 7) is 13.2. The fourth-order valence-corrected chi connectivity index (χ4v) is 1.07. The van der Waals surface area contributed by atoms with E-state index >= 15 is 0 Å². The Labute approximate surface area is 68.0 Å². The molecule has 0 saturated heterocycles. The minimum Gasteiger partial charge on any atom is -0.496 e. The Hall–Kier alpha value is -0.980. The number of benzene rings is 1. The van der Waals surface area contributed by atoms with Crippen LogP contribution in [0.25, 0.3) is 0 Å². The first-order chi connectivity index (χ1) is 5.15. The molecule has 56 valence electrons. The third kappa shape index (κ3) is 1.53. The molecule has 1 aromatic carbocycles. The van der Waals surface area contributed by atoms with Gasteiger partial charge in [-0.15, -0.1) is 0 Å². The van der Waals surface area contributed by atoms with Crippen LogP contribution in [-0.2, 0) is 0 Å². The predicted molar refractivity (Wildman–Crippen MR) is 44.5 cm³/mol. The van der Waals surface area contributed by atoms with E-state index in [4.69, 9.17) is 18.6 Å². The Morgan fingerprint density at radius 1 is 1.18 bits per heavy atom. The summed E-state index contributed by atoms with van der Waals surface area (Å²) in [5.41, 5.74) is 2.22. The van der Waals surface area contributed by atoms with Crippen LogP contribution in [0.1, 0.15) is 16.7 Å². The van der Waals surface area contributed by atoms with Gasteiger partial charge in [0.2, 0.25) is 0 Å². The second-order valence-corrected chi connectivity index (χ2v) is 2.48. The Morgan fingerprint density at radius 2 is 1.64 bits per heavy atom. The number of hydrogen-bond acceptors (Lipinski definition) is 1. The summed E-state index contributed by atoms with van der Waals surface area (Å²) in [6, 6.07) is 3.66. The van der Waals surface area contributed by atoms with E-state index in [9.17, 15) is 0 Å². The van der Waals surface area contributed by atoms with E-state index in [0.29, 0.717) is 16.9 Å². The fourth-order valence-electron chi connectivity index (χ4n) is 1.07. The molecule has 0 aliphatic carbocycles. The second-order valence-electron chi connectivity index (χ2n) is 2.48. The number of ether oxygens (including phenoxy) is 1. The minimum absolute atomic E-state index is 0.565. The van der Waals surface area contributed by atoms with Crippen LogP contribution in [0.15, 0.2) is 12.1 Å². The van der Waals surface area contributed by atoms with Gasteiger partial charge in [-0.3, -0.25) is 0 Å². The lowest BCUT2D eigenvalue weighted by molar-refractivity contribution is 0.411. The van der Waals surface area contributed by atoms with Crippen LogP contribution in [0.5, 0.6) is 5.75 Å². The molecule has 0 fully saturated rings. The lowest BCUT2D eigenvalue weighted by atomic mass is 10.1. The Bertz CT molecular complexity index is 241. The lowest BCUT2D eigenvalue weighted by Gasteiger charge is -2.08. The topological polar surface area (TPSA) is 9.23 Å². The first-order valence-electron chi connectivity index (χ1n) is 3.34. The molecule has 0 heterocycles. The van der Waals surface area contributed by atoms with Crippen molar-refractivity contribution >= 4 is 0 Å². The molecule has 1 nitrogen and oxygen atoms in total. The summed E-state index contributed by atoms with van der Waals surface area (Å²) in [6.07, 6.45) is 0. The van der Waals surface area contributed by atoms with E-state index < -0.39 is 0 Å². The van der Waals surface area contributed by atoms with E-state index in [1.165, 1.54) is 0 Å². The van der Waals surface area contributed by atoms with E-state index in [1.807, 2.05) is 19.1 Å². The summed E-state index contributed by atoms with van der Waals surface area (Å²) >= 11 is 0. The largest absolute Gasteiger partial charge is 0.496 e. The summed E-state index contributed by atoms with van der Waals surface area (Å²) in [5, 5.41) is 0. The first kappa shape index (κ1) is 8.12. The quantitative estimate of drug-likeness (QED) is 0.589. The Balaban J connectivity index is 3.25. The summed E-state index contributed by atoms with van der Waals surface area (Å²) in [5.74, 6) is 0.565. The van der Waals surface area contributed by atoms with Gasteiger partial charge in [-0.1, -0.05) is 17.7 Å². The molecule has 0 N–H and O–H groups in total. The highest BCUT2D eigenvalue weighted by molar-refractivity contribution is 5.47. The zero-order valence-corrected chi connectivity index (χ0v) is 6.72. The molecule has 0 saturated carbocycles. The van der Waals surface area contributed by atoms with Crippen molar-refractivity contribution in [2.24, 2.45) is 0 Å². The highest BCUT2D eigenvalue weighted by atomic mass is 16.5. The molecule has 1 aromatic rings. The SMILES string of the molecule is [CH]c1cc(C)cc([CH])c1OC. The molecule has 0 aliphatic heterocycles. The third-order valence-electron chi connectivity index (χ3n) is 1.49. The predicted octanol–water partition coefficient (Wildman–Crippen LogP) is 2.12. The van der Waals surface area contributed by atoms with Gasteiger partial charge in [0.05, 0.1) is 7.11 Å². The number of hydrogen-bond donors (Lipinski definition) is 0. The highest BCUT2D eigenvalue weighted by Gasteiger charge is 2.02. The third-order valence-corrected chi connectivity index (χ3v) is 1.49. The molecular formula is C10H10O. The average molecular weight is 146 g/mol. The normalized spacial score (nSPS) is 9.82. The summed E-state index contributed by atoms with van der Waals surface area (Å²) < 4.78 is 4.98. The molecule has 1 heteroatoms. The van der Waals surface area contributed by atoms with Crippen molar-refractivity contribution in [3.8, 4) is 5.75 Å². The van der Waals surface area contributed by atoms with E-state index in [1.54, 1.807) is 7.11 Å². The van der Waals surface area contributed by atoms with Gasteiger partial charge in [-0.25, -0.2) is 0 Å². The van der Waals surface area contributed by atoms with Gasteiger partial charge in [0.1, 0.15) is 5.75 Å². The molecule has 0 spiro atoms. The first-order valence-corrected chi connectivity index (χ1v) is 3.34. The lowest BCUT2D eigenvalue weighted by Crippen LogP contribution is -1.91. The van der Waals surface area contributed by atoms with Crippen molar-refractivity contribution < 1.29 is 4.74 Å². The van der Waals surface area contributed by atoms with E-state index in [0.717, 1.165) is 5.56 Å². The van der Waals surface area contributed by atoms with Gasteiger partial charge in [-0.05, 0) is 18.1 Å². The standard InChI is InChI=1S/C10H10O/c1-7-5-8(2)10(11-4)9(3)6-7/h2-3,5-6H,1,4H3. The Kier molecular flexibility index (Phi) is 2.18. The second kappa shape index (κ2) is 2.95. The van der Waals surface area contributed by atoms with Crippen LogP contribution in [-0.4, -0.2) is 7.11 Å². The number of methoxy groups -OCH3 is 1. The van der Waals surface area contributed by atoms with Crippen molar-refractivity contribution in [2.45, 2.75) is 6.92 Å². The molecule has 0 aromatic heterocycles. The van der Waals surface area contributed by atoms with Gasteiger partial charge in [0.15, 0.2) is 0 Å². The summed E-state index contributed by atoms with van der Waals surface area (Å²) in [4.78, 5) is 0. The van der Waals surface area contributed by atoms with Crippen LogP contribution in [0, 0.1) is 20.8 Å². The highest BCUT2D eigenvalue weighted by Crippen LogP contribution is 2.23. The molecule has 11 heavy (non-hydrogen) atoms. The van der Waals surface area contributed by atoms with Gasteiger partial charge in [0.25, 0.3) is 0 Å². The molecule has 4 radical (unpaired) electrons. The molecular weight excluding hydrogens is 136 g/mol. The maximum Gasteiger partial charge on any atom is 0.125 e. The number of aryl methyl sites for hydroxylation is 1. The maximum absolute atomic E-state index is 5.63. The van der Waals surface area contributed by atoms with Gasteiger partial charge < -0.3 is 4.74 Å². The van der Waals surface area contributed by atoms with Crippen molar-refractivity contribution in [3.63, 3.8) is 0 Å². The Morgan fingerprint density at radius 3 is 2.00 bits per heavy atom.